The lowest BCUT2D eigenvalue weighted by Gasteiger charge is -2.28. The maximum absolute atomic E-state index is 12.0. The zero-order valence-corrected chi connectivity index (χ0v) is 18.7. The van der Waals surface area contributed by atoms with E-state index in [-0.39, 0.29) is 5.70 Å². The molecule has 4 heterocycles. The monoisotopic (exact) mass is 458 g/mol. The Labute approximate surface area is 196 Å². The third-order valence-electron chi connectivity index (χ3n) is 6.31. The number of hydrogen-bond donors (Lipinski definition) is 4. The fourth-order valence-electron chi connectivity index (χ4n) is 4.38. The maximum Gasteiger partial charge on any atom is 0.326 e. The van der Waals surface area contributed by atoms with Crippen LogP contribution in [0.15, 0.2) is 42.2 Å². The second-order valence-electron chi connectivity index (χ2n) is 8.97. The quantitative estimate of drug-likeness (QED) is 0.331. The molecule has 3 fully saturated rings. The van der Waals surface area contributed by atoms with Gasteiger partial charge >= 0.3 is 6.03 Å². The Bertz CT molecular complexity index is 1290. The van der Waals surface area contributed by atoms with Crippen LogP contribution in [0.2, 0.25) is 0 Å². The number of carbonyl (C=O) groups is 2. The molecule has 3 amide bonds. The highest BCUT2D eigenvalue weighted by molar-refractivity contribution is 6.14. The molecule has 0 radical (unpaired) electrons. The maximum atomic E-state index is 12.0. The van der Waals surface area contributed by atoms with Crippen LogP contribution in [0.3, 0.4) is 0 Å². The van der Waals surface area contributed by atoms with Gasteiger partial charge in [0.2, 0.25) is 0 Å². The first-order valence-electron chi connectivity index (χ1n) is 11.7. The minimum Gasteiger partial charge on any atom is -0.372 e. The zero-order valence-electron chi connectivity index (χ0n) is 18.7. The van der Waals surface area contributed by atoms with Gasteiger partial charge in [0.25, 0.3) is 5.91 Å². The molecule has 4 N–H and O–H groups in total. The number of nitrogens with zero attached hydrogens (tertiary/aromatic N) is 4. The molecule has 2 saturated heterocycles. The summed E-state index contributed by atoms with van der Waals surface area (Å²) in [4.78, 5) is 30.7. The van der Waals surface area contributed by atoms with Crippen molar-refractivity contribution in [2.45, 2.75) is 38.1 Å². The van der Waals surface area contributed by atoms with Gasteiger partial charge in [-0.15, -0.1) is 0 Å². The average Bonchev–Trinajstić information content (AvgIpc) is 3.48. The van der Waals surface area contributed by atoms with Crippen molar-refractivity contribution in [3.63, 3.8) is 0 Å². The van der Waals surface area contributed by atoms with Crippen LogP contribution in [0.25, 0.3) is 11.7 Å². The molecule has 1 saturated carbocycles. The first kappa shape index (κ1) is 20.5. The summed E-state index contributed by atoms with van der Waals surface area (Å²) in [6.07, 6.45) is 9.28. The second-order valence-corrected chi connectivity index (χ2v) is 8.97. The van der Waals surface area contributed by atoms with Crippen LogP contribution in [0.4, 0.5) is 27.8 Å². The van der Waals surface area contributed by atoms with Gasteiger partial charge in [-0.3, -0.25) is 10.1 Å². The first-order valence-corrected chi connectivity index (χ1v) is 11.7. The normalized spacial score (nSPS) is 19.4. The molecule has 10 heteroatoms. The van der Waals surface area contributed by atoms with Crippen molar-refractivity contribution >= 4 is 46.7 Å². The summed E-state index contributed by atoms with van der Waals surface area (Å²) < 4.78 is 1.73. The molecule has 0 bridgehead atoms. The van der Waals surface area contributed by atoms with Crippen molar-refractivity contribution in [3.8, 4) is 0 Å². The zero-order chi connectivity index (χ0) is 23.1. The van der Waals surface area contributed by atoms with E-state index in [1.54, 1.807) is 16.8 Å². The molecule has 3 aliphatic rings. The van der Waals surface area contributed by atoms with E-state index < -0.39 is 11.9 Å². The molecule has 2 aliphatic heterocycles. The van der Waals surface area contributed by atoms with E-state index in [2.05, 4.69) is 55.5 Å². The van der Waals surface area contributed by atoms with Crippen LogP contribution in [0, 0.1) is 0 Å². The van der Waals surface area contributed by atoms with Gasteiger partial charge in [-0.2, -0.15) is 9.61 Å². The molecule has 2 aromatic heterocycles. The number of aromatic nitrogens is 3. The van der Waals surface area contributed by atoms with Crippen LogP contribution in [0.1, 0.15) is 37.7 Å². The second kappa shape index (κ2) is 8.36. The number of anilines is 4. The molecule has 1 aromatic carbocycles. The number of hydrogen-bond acceptors (Lipinski definition) is 7. The highest BCUT2D eigenvalue weighted by Crippen LogP contribution is 2.29. The number of nitrogens with one attached hydrogen (secondary N) is 4. The molecule has 0 spiro atoms. The topological polar surface area (TPSA) is 116 Å². The van der Waals surface area contributed by atoms with Gasteiger partial charge in [0.1, 0.15) is 17.3 Å². The number of piperidine rings is 1. The Morgan fingerprint density at radius 3 is 2.53 bits per heavy atom. The van der Waals surface area contributed by atoms with Crippen molar-refractivity contribution in [1.82, 2.24) is 25.2 Å². The summed E-state index contributed by atoms with van der Waals surface area (Å²) in [5, 5.41) is 16.1. The summed E-state index contributed by atoms with van der Waals surface area (Å²) in [7, 11) is 0. The van der Waals surface area contributed by atoms with Crippen LogP contribution in [-0.4, -0.2) is 45.7 Å². The van der Waals surface area contributed by atoms with E-state index >= 15 is 0 Å². The van der Waals surface area contributed by atoms with E-state index in [0.717, 1.165) is 37.4 Å². The summed E-state index contributed by atoms with van der Waals surface area (Å²) in [5.41, 5.74) is 3.57. The molecule has 1 aliphatic carbocycles. The molecule has 34 heavy (non-hydrogen) atoms. The van der Waals surface area contributed by atoms with E-state index in [1.807, 2.05) is 6.07 Å². The average molecular weight is 459 g/mol. The Morgan fingerprint density at radius 2 is 1.82 bits per heavy atom. The Morgan fingerprint density at radius 1 is 1.03 bits per heavy atom. The lowest BCUT2D eigenvalue weighted by molar-refractivity contribution is -0.115. The fraction of sp³-hybridized carbons (Fsp3) is 0.333. The highest BCUT2D eigenvalue weighted by atomic mass is 16.2. The number of carbonyl (C=O) groups excluding carboxylic acids is 2. The Balaban J connectivity index is 1.31. The number of imide groups is 1. The van der Waals surface area contributed by atoms with Gasteiger partial charge in [-0.05, 0) is 62.4 Å². The molecule has 174 valence electrons. The smallest absolute Gasteiger partial charge is 0.326 e. The van der Waals surface area contributed by atoms with Crippen molar-refractivity contribution in [1.29, 1.82) is 0 Å². The van der Waals surface area contributed by atoms with E-state index in [9.17, 15) is 9.59 Å². The lowest BCUT2D eigenvalue weighted by atomic mass is 10.1. The van der Waals surface area contributed by atoms with Crippen LogP contribution < -0.4 is 26.2 Å². The standard InChI is InChI=1S/C24H26N8O2/c33-23-19(28-24(34)30-23)12-15-14-25-32-21(27-17-4-5-17)13-20(29-22(15)32)26-16-6-8-18(9-7-16)31-10-2-1-3-11-31/h6-9,12-14,17,27H,1-5,10-11H2,(H,26,29)(H2,28,30,33,34)/b19-12-. The summed E-state index contributed by atoms with van der Waals surface area (Å²) in [6.45, 7) is 2.22. The summed E-state index contributed by atoms with van der Waals surface area (Å²) >= 11 is 0. The number of fused-ring (bicyclic) bond motifs is 1. The predicted molar refractivity (Wildman–Crippen MR) is 130 cm³/mol. The van der Waals surface area contributed by atoms with E-state index in [4.69, 9.17) is 4.98 Å². The predicted octanol–water partition coefficient (Wildman–Crippen LogP) is 3.22. The van der Waals surface area contributed by atoms with Crippen molar-refractivity contribution in [2.24, 2.45) is 0 Å². The first-order chi connectivity index (χ1) is 16.6. The molecule has 6 rings (SSSR count). The van der Waals surface area contributed by atoms with Gasteiger partial charge in [0.15, 0.2) is 5.65 Å². The van der Waals surface area contributed by atoms with Crippen LogP contribution in [0.5, 0.6) is 0 Å². The molecular weight excluding hydrogens is 432 g/mol. The molecule has 3 aromatic rings. The van der Waals surface area contributed by atoms with Gasteiger partial charge in [0, 0.05) is 42.1 Å². The lowest BCUT2D eigenvalue weighted by Crippen LogP contribution is -2.29. The van der Waals surface area contributed by atoms with Gasteiger partial charge in [-0.25, -0.2) is 9.78 Å². The number of rotatable bonds is 6. The largest absolute Gasteiger partial charge is 0.372 e. The Hall–Kier alpha value is -4.08. The van der Waals surface area contributed by atoms with Gasteiger partial charge in [-0.1, -0.05) is 0 Å². The third kappa shape index (κ3) is 4.14. The number of urea groups is 1. The van der Waals surface area contributed by atoms with Gasteiger partial charge in [0.05, 0.1) is 6.20 Å². The minimum atomic E-state index is -0.535. The van der Waals surface area contributed by atoms with Crippen molar-refractivity contribution < 1.29 is 9.59 Å². The molecule has 0 unspecified atom stereocenters. The third-order valence-corrected chi connectivity index (χ3v) is 6.31. The minimum absolute atomic E-state index is 0.171. The molecular formula is C24H26N8O2. The number of benzene rings is 1. The summed E-state index contributed by atoms with van der Waals surface area (Å²) in [6, 6.07) is 10.3. The van der Waals surface area contributed by atoms with Gasteiger partial charge < -0.3 is 20.9 Å². The van der Waals surface area contributed by atoms with Crippen molar-refractivity contribution in [3.05, 3.63) is 47.8 Å². The highest BCUT2D eigenvalue weighted by Gasteiger charge is 2.25. The van der Waals surface area contributed by atoms with E-state index in [0.29, 0.717) is 23.1 Å². The summed E-state index contributed by atoms with van der Waals surface area (Å²) in [5.74, 6) is 1.02. The Kier molecular flexibility index (Phi) is 5.05. The van der Waals surface area contributed by atoms with Crippen LogP contribution >= 0.6 is 0 Å². The van der Waals surface area contributed by atoms with Crippen LogP contribution in [-0.2, 0) is 4.79 Å². The number of amides is 3. The fourth-order valence-corrected chi connectivity index (χ4v) is 4.38. The van der Waals surface area contributed by atoms with Crippen molar-refractivity contribution in [2.75, 3.05) is 28.6 Å². The van der Waals surface area contributed by atoms with E-state index in [1.165, 1.54) is 24.9 Å². The molecule has 0 atom stereocenters. The SMILES string of the molecule is O=C1NC(=O)/C(=C/c2cnn3c(NC4CC4)cc(Nc4ccc(N5CCCCC5)cc4)nc23)N1. The molecule has 10 nitrogen and oxygen atoms in total.